The van der Waals surface area contributed by atoms with Gasteiger partial charge >= 0.3 is 6.09 Å². The minimum Gasteiger partial charge on any atom is -0.479 e. The van der Waals surface area contributed by atoms with Crippen LogP contribution in [0.1, 0.15) is 47.0 Å². The van der Waals surface area contributed by atoms with Gasteiger partial charge in [-0.15, -0.1) is 0 Å². The summed E-state index contributed by atoms with van der Waals surface area (Å²) >= 11 is 0. The van der Waals surface area contributed by atoms with Gasteiger partial charge in [0.25, 0.3) is 11.8 Å². The fourth-order valence-electron chi connectivity index (χ4n) is 4.44. The molecule has 1 fully saturated rings. The second-order valence-electron chi connectivity index (χ2n) is 9.14. The summed E-state index contributed by atoms with van der Waals surface area (Å²) in [6, 6.07) is 3.01. The van der Waals surface area contributed by atoms with Crippen LogP contribution in [-0.4, -0.2) is 48.4 Å². The van der Waals surface area contributed by atoms with E-state index in [4.69, 9.17) is 19.9 Å². The van der Waals surface area contributed by atoms with Gasteiger partial charge in [-0.1, -0.05) is 33.8 Å². The summed E-state index contributed by atoms with van der Waals surface area (Å²) in [6.45, 7) is 7.42. The van der Waals surface area contributed by atoms with E-state index in [-0.39, 0.29) is 43.9 Å². The summed E-state index contributed by atoms with van der Waals surface area (Å²) in [5.41, 5.74) is 1.71. The number of ether oxygens (including phenoxy) is 3. The van der Waals surface area contributed by atoms with E-state index in [1.165, 1.54) is 18.2 Å². The van der Waals surface area contributed by atoms with Crippen LogP contribution in [0.4, 0.5) is 14.9 Å². The molecule has 1 aromatic carbocycles. The van der Waals surface area contributed by atoms with Crippen molar-refractivity contribution in [2.45, 2.75) is 64.2 Å². The van der Waals surface area contributed by atoms with Crippen LogP contribution < -0.4 is 21.1 Å². The van der Waals surface area contributed by atoms with E-state index < -0.39 is 46.4 Å². The highest BCUT2D eigenvalue weighted by molar-refractivity contribution is 6.01. The summed E-state index contributed by atoms with van der Waals surface area (Å²) in [6.07, 6.45) is -0.505. The Morgan fingerprint density at radius 1 is 1.31 bits per heavy atom. The maximum atomic E-state index is 14.6. The van der Waals surface area contributed by atoms with Gasteiger partial charge in [0.1, 0.15) is 11.6 Å². The molecule has 9 nitrogen and oxygen atoms in total. The van der Waals surface area contributed by atoms with Crippen molar-refractivity contribution in [2.24, 2.45) is 11.1 Å². The van der Waals surface area contributed by atoms with Gasteiger partial charge in [0.2, 0.25) is 0 Å². The molecule has 2 aliphatic rings. The first kappa shape index (κ1) is 23.8. The fourth-order valence-corrected chi connectivity index (χ4v) is 4.44. The number of nitrogens with two attached hydrogens (primary N) is 1. The Hall–Kier alpha value is -2.88. The van der Waals surface area contributed by atoms with E-state index in [9.17, 15) is 18.8 Å². The van der Waals surface area contributed by atoms with Gasteiger partial charge in [0.15, 0.2) is 17.2 Å². The van der Waals surface area contributed by atoms with Crippen LogP contribution >= 0.6 is 0 Å². The van der Waals surface area contributed by atoms with Crippen molar-refractivity contribution in [3.63, 3.8) is 0 Å². The number of hydrogen-bond acceptors (Lipinski definition) is 6. The number of para-hydroxylation sites is 1. The first-order chi connectivity index (χ1) is 15.0. The maximum Gasteiger partial charge on any atom is 0.405 e. The number of fused-ring (bicyclic) bond motifs is 1. The Balaban J connectivity index is 2.04. The minimum absolute atomic E-state index is 0.0922. The SMILES string of the molecule is CC[C@@](OC(N)=O)(C(=O)N[C@H]1C(=O)Nc2cccc(F)c2OC12CCOCC2)C(C)(C)C. The molecule has 1 aromatic rings. The molecule has 176 valence electrons. The number of rotatable bonds is 4. The van der Waals surface area contributed by atoms with Gasteiger partial charge in [-0.3, -0.25) is 9.59 Å². The van der Waals surface area contributed by atoms with Crippen molar-refractivity contribution < 1.29 is 33.0 Å². The van der Waals surface area contributed by atoms with Gasteiger partial charge in [-0.25, -0.2) is 9.18 Å². The van der Waals surface area contributed by atoms with E-state index >= 15 is 0 Å². The highest BCUT2D eigenvalue weighted by atomic mass is 19.1. The van der Waals surface area contributed by atoms with Gasteiger partial charge in [-0.2, -0.15) is 0 Å². The highest BCUT2D eigenvalue weighted by Crippen LogP contribution is 2.41. The van der Waals surface area contributed by atoms with Crippen LogP contribution in [0, 0.1) is 11.2 Å². The largest absolute Gasteiger partial charge is 0.479 e. The number of anilines is 1. The van der Waals surface area contributed by atoms with E-state index in [0.29, 0.717) is 0 Å². The summed E-state index contributed by atoms with van der Waals surface area (Å²) < 4.78 is 31.5. The molecule has 1 saturated heterocycles. The number of carbonyl (C=O) groups is 3. The standard InChI is InChI=1S/C22H30FN3O6/c1-5-22(20(2,3)4,32-19(24)29)18(28)26-16-17(27)25-14-8-6-7-13(23)15(14)31-21(16)9-11-30-12-10-21/h6-8,16H,5,9-12H2,1-4H3,(H2,24,29)(H,25,27)(H,26,28)/t16-,22+/m0/s1. The Kier molecular flexibility index (Phi) is 6.37. The number of primary amides is 1. The topological polar surface area (TPSA) is 129 Å². The van der Waals surface area contributed by atoms with Gasteiger partial charge in [0.05, 0.1) is 18.9 Å². The van der Waals surface area contributed by atoms with Crippen molar-refractivity contribution in [3.05, 3.63) is 24.0 Å². The van der Waals surface area contributed by atoms with Gasteiger partial charge in [-0.05, 0) is 18.6 Å². The lowest BCUT2D eigenvalue weighted by Crippen LogP contribution is -2.67. The van der Waals surface area contributed by atoms with Crippen LogP contribution in [0.15, 0.2) is 18.2 Å². The molecule has 4 N–H and O–H groups in total. The van der Waals surface area contributed by atoms with Crippen LogP contribution in [0.25, 0.3) is 0 Å². The van der Waals surface area contributed by atoms with E-state index in [1.807, 2.05) is 0 Å². The average molecular weight is 451 g/mol. The quantitative estimate of drug-likeness (QED) is 0.645. The molecular weight excluding hydrogens is 421 g/mol. The zero-order chi connectivity index (χ0) is 23.7. The van der Waals surface area contributed by atoms with Crippen molar-refractivity contribution >= 4 is 23.6 Å². The Morgan fingerprint density at radius 3 is 2.53 bits per heavy atom. The summed E-state index contributed by atoms with van der Waals surface area (Å²) in [4.78, 5) is 38.5. The van der Waals surface area contributed by atoms with Gasteiger partial charge < -0.3 is 30.6 Å². The predicted molar refractivity (Wildman–Crippen MR) is 114 cm³/mol. The zero-order valence-corrected chi connectivity index (χ0v) is 18.7. The predicted octanol–water partition coefficient (Wildman–Crippen LogP) is 2.48. The van der Waals surface area contributed by atoms with Crippen molar-refractivity contribution in [1.29, 1.82) is 0 Å². The van der Waals surface area contributed by atoms with E-state index in [0.717, 1.165) is 0 Å². The molecule has 0 radical (unpaired) electrons. The third kappa shape index (κ3) is 4.11. The molecule has 1 spiro atoms. The molecule has 10 heteroatoms. The third-order valence-corrected chi connectivity index (χ3v) is 6.28. The number of amides is 3. The monoisotopic (exact) mass is 451 g/mol. The van der Waals surface area contributed by atoms with Crippen molar-refractivity contribution in [1.82, 2.24) is 5.32 Å². The Morgan fingerprint density at radius 2 is 1.97 bits per heavy atom. The van der Waals surface area contributed by atoms with Crippen molar-refractivity contribution in [2.75, 3.05) is 18.5 Å². The molecule has 0 aliphatic carbocycles. The molecule has 0 aromatic heterocycles. The molecule has 2 heterocycles. The normalized spacial score (nSPS) is 21.9. The van der Waals surface area contributed by atoms with Crippen LogP contribution in [0.3, 0.4) is 0 Å². The smallest absolute Gasteiger partial charge is 0.405 e. The molecule has 0 bridgehead atoms. The van der Waals surface area contributed by atoms with E-state index in [2.05, 4.69) is 10.6 Å². The number of nitrogens with one attached hydrogen (secondary N) is 2. The molecule has 2 atom stereocenters. The first-order valence-electron chi connectivity index (χ1n) is 10.6. The Labute approximate surface area is 186 Å². The number of carbonyl (C=O) groups excluding carboxylic acids is 3. The second-order valence-corrected chi connectivity index (χ2v) is 9.14. The maximum absolute atomic E-state index is 14.6. The first-order valence-corrected chi connectivity index (χ1v) is 10.6. The van der Waals surface area contributed by atoms with Crippen LogP contribution in [0.5, 0.6) is 5.75 Å². The molecule has 3 rings (SSSR count). The summed E-state index contributed by atoms with van der Waals surface area (Å²) in [5, 5.41) is 5.39. The lowest BCUT2D eigenvalue weighted by Gasteiger charge is -2.45. The van der Waals surface area contributed by atoms with Crippen LogP contribution in [-0.2, 0) is 19.1 Å². The minimum atomic E-state index is -1.64. The highest BCUT2D eigenvalue weighted by Gasteiger charge is 2.55. The molecule has 0 unspecified atom stereocenters. The molecular formula is C22H30FN3O6. The average Bonchev–Trinajstić information content (AvgIpc) is 2.82. The van der Waals surface area contributed by atoms with Gasteiger partial charge in [0, 0.05) is 18.3 Å². The summed E-state index contributed by atoms with van der Waals surface area (Å²) in [5.74, 6) is -1.98. The number of halogens is 1. The molecule has 32 heavy (non-hydrogen) atoms. The summed E-state index contributed by atoms with van der Waals surface area (Å²) in [7, 11) is 0. The lowest BCUT2D eigenvalue weighted by molar-refractivity contribution is -0.158. The zero-order valence-electron chi connectivity index (χ0n) is 18.7. The Bertz CT molecular complexity index is 909. The van der Waals surface area contributed by atoms with E-state index in [1.54, 1.807) is 27.7 Å². The van der Waals surface area contributed by atoms with Crippen LogP contribution in [0.2, 0.25) is 0 Å². The number of hydrogen-bond donors (Lipinski definition) is 3. The third-order valence-electron chi connectivity index (χ3n) is 6.28. The second kappa shape index (κ2) is 8.57. The fraction of sp³-hybridized carbons (Fsp3) is 0.591. The molecule has 2 aliphatic heterocycles. The number of benzene rings is 1. The lowest BCUT2D eigenvalue weighted by atomic mass is 9.73. The molecule has 3 amide bonds. The molecule has 0 saturated carbocycles. The van der Waals surface area contributed by atoms with Crippen molar-refractivity contribution in [3.8, 4) is 5.75 Å².